The number of aryl methyl sites for hydroxylation is 2. The highest BCUT2D eigenvalue weighted by Gasteiger charge is 2.24. The maximum absolute atomic E-state index is 12.6. The summed E-state index contributed by atoms with van der Waals surface area (Å²) in [7, 11) is 0. The van der Waals surface area contributed by atoms with E-state index in [9.17, 15) is 9.59 Å². The fourth-order valence-electron chi connectivity index (χ4n) is 3.15. The second kappa shape index (κ2) is 7.62. The number of amides is 1. The predicted octanol–water partition coefficient (Wildman–Crippen LogP) is 4.32. The van der Waals surface area contributed by atoms with Gasteiger partial charge in [0.2, 0.25) is 0 Å². The summed E-state index contributed by atoms with van der Waals surface area (Å²) in [6.45, 7) is 2.17. The third kappa shape index (κ3) is 3.65. The molecule has 0 bridgehead atoms. The summed E-state index contributed by atoms with van der Waals surface area (Å²) >= 11 is 2.88. The highest BCUT2D eigenvalue weighted by Crippen LogP contribution is 2.31. The second-order valence-corrected chi connectivity index (χ2v) is 8.21. The zero-order valence-electron chi connectivity index (χ0n) is 14.8. The lowest BCUT2D eigenvalue weighted by Gasteiger charge is -2.29. The van der Waals surface area contributed by atoms with Crippen molar-refractivity contribution in [1.82, 2.24) is 4.98 Å². The van der Waals surface area contributed by atoms with Gasteiger partial charge in [-0.15, -0.1) is 22.7 Å². The van der Waals surface area contributed by atoms with Crippen molar-refractivity contribution >= 4 is 40.2 Å². The molecule has 2 aromatic heterocycles. The first-order valence-electron chi connectivity index (χ1n) is 8.70. The molecule has 0 aliphatic carbocycles. The van der Waals surface area contributed by atoms with Crippen LogP contribution in [0.1, 0.15) is 27.3 Å². The molecular weight excluding hydrogens is 380 g/mol. The number of hydrogen-bond donors (Lipinski definition) is 0. The number of esters is 1. The number of ether oxygens (including phenoxy) is 1. The van der Waals surface area contributed by atoms with Crippen LogP contribution in [-0.4, -0.2) is 30.0 Å². The minimum absolute atomic E-state index is 0.198. The van der Waals surface area contributed by atoms with Gasteiger partial charge in [0, 0.05) is 12.2 Å². The third-order valence-corrected chi connectivity index (χ3v) is 6.63. The van der Waals surface area contributed by atoms with Crippen LogP contribution in [0.5, 0.6) is 0 Å². The van der Waals surface area contributed by atoms with Crippen LogP contribution in [0, 0.1) is 6.92 Å². The maximum Gasteiger partial charge on any atom is 0.350 e. The molecule has 0 saturated carbocycles. The Morgan fingerprint density at radius 3 is 2.89 bits per heavy atom. The van der Waals surface area contributed by atoms with Gasteiger partial charge >= 0.3 is 5.97 Å². The van der Waals surface area contributed by atoms with Gasteiger partial charge in [-0.2, -0.15) is 0 Å². The van der Waals surface area contributed by atoms with Crippen molar-refractivity contribution in [3.63, 3.8) is 0 Å². The zero-order chi connectivity index (χ0) is 18.8. The molecule has 7 heteroatoms. The molecule has 0 atom stereocenters. The van der Waals surface area contributed by atoms with E-state index >= 15 is 0 Å². The number of carbonyl (C=O) groups excluding carboxylic acids is 2. The molecule has 4 rings (SSSR count). The van der Waals surface area contributed by atoms with E-state index in [-0.39, 0.29) is 12.5 Å². The summed E-state index contributed by atoms with van der Waals surface area (Å²) in [5.41, 5.74) is 2.70. The number of anilines is 1. The molecule has 0 saturated heterocycles. The highest BCUT2D eigenvalue weighted by atomic mass is 32.1. The largest absolute Gasteiger partial charge is 0.451 e. The van der Waals surface area contributed by atoms with Crippen LogP contribution in [0.3, 0.4) is 0 Å². The number of nitrogens with zero attached hydrogens (tertiary/aromatic N) is 2. The van der Waals surface area contributed by atoms with Crippen LogP contribution in [-0.2, 0) is 16.0 Å². The van der Waals surface area contributed by atoms with E-state index in [4.69, 9.17) is 4.74 Å². The van der Waals surface area contributed by atoms with Crippen LogP contribution < -0.4 is 4.90 Å². The monoisotopic (exact) mass is 398 g/mol. The molecule has 138 valence electrons. The van der Waals surface area contributed by atoms with Crippen LogP contribution in [0.2, 0.25) is 0 Å². The molecule has 0 radical (unpaired) electrons. The summed E-state index contributed by atoms with van der Waals surface area (Å²) in [4.78, 5) is 32.7. The topological polar surface area (TPSA) is 59.5 Å². The standard InChI is InChI=1S/C20H18N2O3S2/c1-13-18(27-19(21-13)16-9-5-11-26-16)20(24)25-12-17(23)22-10-4-7-14-6-2-3-8-15(14)22/h2-3,5-6,8-9,11H,4,7,10,12H2,1H3. The van der Waals surface area contributed by atoms with E-state index in [2.05, 4.69) is 4.98 Å². The average molecular weight is 399 g/mol. The SMILES string of the molecule is Cc1nc(-c2cccs2)sc1C(=O)OCC(=O)N1CCCc2ccccc21. The number of hydrogen-bond acceptors (Lipinski definition) is 6. The van der Waals surface area contributed by atoms with E-state index in [0.29, 0.717) is 17.1 Å². The second-order valence-electron chi connectivity index (χ2n) is 6.26. The number of thiophene rings is 1. The zero-order valence-corrected chi connectivity index (χ0v) is 16.4. The number of aromatic nitrogens is 1. The van der Waals surface area contributed by atoms with E-state index in [0.717, 1.165) is 34.0 Å². The first-order valence-corrected chi connectivity index (χ1v) is 10.4. The van der Waals surface area contributed by atoms with Crippen molar-refractivity contribution in [1.29, 1.82) is 0 Å². The molecular formula is C20H18N2O3S2. The van der Waals surface area contributed by atoms with Crippen molar-refractivity contribution in [3.8, 4) is 9.88 Å². The van der Waals surface area contributed by atoms with Gasteiger partial charge in [0.05, 0.1) is 10.6 Å². The lowest BCUT2D eigenvalue weighted by Crippen LogP contribution is -2.38. The van der Waals surface area contributed by atoms with Crippen LogP contribution >= 0.6 is 22.7 Å². The van der Waals surface area contributed by atoms with Gasteiger partial charge in [-0.1, -0.05) is 24.3 Å². The lowest BCUT2D eigenvalue weighted by molar-refractivity contribution is -0.121. The number of thiazole rings is 1. The number of benzene rings is 1. The normalized spacial score (nSPS) is 13.3. The van der Waals surface area contributed by atoms with Crippen molar-refractivity contribution in [3.05, 3.63) is 57.9 Å². The summed E-state index contributed by atoms with van der Waals surface area (Å²) in [5, 5.41) is 2.77. The smallest absolute Gasteiger partial charge is 0.350 e. The Morgan fingerprint density at radius 2 is 2.07 bits per heavy atom. The molecule has 3 aromatic rings. The first kappa shape index (κ1) is 17.9. The molecule has 5 nitrogen and oxygen atoms in total. The van der Waals surface area contributed by atoms with E-state index < -0.39 is 5.97 Å². The molecule has 1 aliphatic heterocycles. The Labute approximate surface area is 165 Å². The molecule has 0 N–H and O–H groups in total. The quantitative estimate of drug-likeness (QED) is 0.614. The van der Waals surface area contributed by atoms with Gasteiger partial charge in [-0.25, -0.2) is 9.78 Å². The minimum atomic E-state index is -0.494. The predicted molar refractivity (Wildman–Crippen MR) is 108 cm³/mol. The average Bonchev–Trinajstić information content (AvgIpc) is 3.35. The Hall–Kier alpha value is -2.51. The molecule has 1 amide bonds. The molecule has 1 aliphatic rings. The maximum atomic E-state index is 12.6. The summed E-state index contributed by atoms with van der Waals surface area (Å²) in [6.07, 6.45) is 1.88. The summed E-state index contributed by atoms with van der Waals surface area (Å²) < 4.78 is 5.31. The molecule has 0 unspecified atom stereocenters. The third-order valence-electron chi connectivity index (χ3n) is 4.45. The van der Waals surface area contributed by atoms with Crippen LogP contribution in [0.15, 0.2) is 41.8 Å². The number of rotatable bonds is 4. The number of fused-ring (bicyclic) bond motifs is 1. The summed E-state index contributed by atoms with van der Waals surface area (Å²) in [6, 6.07) is 11.8. The van der Waals surface area contributed by atoms with Crippen LogP contribution in [0.25, 0.3) is 9.88 Å². The highest BCUT2D eigenvalue weighted by molar-refractivity contribution is 7.22. The molecule has 3 heterocycles. The van der Waals surface area contributed by atoms with E-state index in [1.54, 1.807) is 23.2 Å². The molecule has 1 aromatic carbocycles. The fourth-order valence-corrected chi connectivity index (χ4v) is 4.91. The number of para-hydroxylation sites is 1. The Bertz CT molecular complexity index is 979. The van der Waals surface area contributed by atoms with Gasteiger partial charge in [0.1, 0.15) is 9.88 Å². The van der Waals surface area contributed by atoms with Gasteiger partial charge in [-0.05, 0) is 42.8 Å². The van der Waals surface area contributed by atoms with Crippen molar-refractivity contribution < 1.29 is 14.3 Å². The summed E-state index contributed by atoms with van der Waals surface area (Å²) in [5.74, 6) is -0.692. The van der Waals surface area contributed by atoms with Gasteiger partial charge in [0.25, 0.3) is 5.91 Å². The molecule has 0 fully saturated rings. The van der Waals surface area contributed by atoms with Gasteiger partial charge < -0.3 is 9.64 Å². The Morgan fingerprint density at radius 1 is 1.22 bits per heavy atom. The Kier molecular flexibility index (Phi) is 5.05. The van der Waals surface area contributed by atoms with Gasteiger partial charge in [0.15, 0.2) is 6.61 Å². The molecule has 27 heavy (non-hydrogen) atoms. The van der Waals surface area contributed by atoms with Gasteiger partial charge in [-0.3, -0.25) is 4.79 Å². The minimum Gasteiger partial charge on any atom is -0.451 e. The first-order chi connectivity index (χ1) is 13.1. The van der Waals surface area contributed by atoms with Crippen LogP contribution in [0.4, 0.5) is 5.69 Å². The lowest BCUT2D eigenvalue weighted by atomic mass is 10.0. The van der Waals surface area contributed by atoms with E-state index in [1.165, 1.54) is 11.3 Å². The number of carbonyl (C=O) groups is 2. The Balaban J connectivity index is 1.44. The fraction of sp³-hybridized carbons (Fsp3) is 0.250. The van der Waals surface area contributed by atoms with Crippen molar-refractivity contribution in [2.45, 2.75) is 19.8 Å². The van der Waals surface area contributed by atoms with E-state index in [1.807, 2.05) is 41.8 Å². The molecule has 0 spiro atoms. The van der Waals surface area contributed by atoms with Crippen molar-refractivity contribution in [2.75, 3.05) is 18.1 Å². The van der Waals surface area contributed by atoms with Crippen molar-refractivity contribution in [2.24, 2.45) is 0 Å².